The zero-order chi connectivity index (χ0) is 8.69. The van der Waals surface area contributed by atoms with Crippen LogP contribution in [0.2, 0.25) is 0 Å². The second kappa shape index (κ2) is 6.84. The summed E-state index contributed by atoms with van der Waals surface area (Å²) in [6, 6.07) is 0. The van der Waals surface area contributed by atoms with Crippen molar-refractivity contribution in [2.24, 2.45) is 0 Å². The van der Waals surface area contributed by atoms with E-state index in [0.29, 0.717) is 0 Å². The van der Waals surface area contributed by atoms with Crippen molar-refractivity contribution >= 4 is 26.5 Å². The first-order chi connectivity index (χ1) is 5.18. The highest BCUT2D eigenvalue weighted by Crippen LogP contribution is 1.99. The predicted molar refractivity (Wildman–Crippen MR) is 53.2 cm³/mol. The number of rotatable bonds is 5. The number of carbonyl (C=O) groups excluding carboxylic acids is 1. The van der Waals surface area contributed by atoms with E-state index >= 15 is 0 Å². The van der Waals surface area contributed by atoms with Gasteiger partial charge in [0, 0.05) is 49.9 Å². The summed E-state index contributed by atoms with van der Waals surface area (Å²) in [6.07, 6.45) is 2.03. The molecule has 0 heterocycles. The maximum Gasteiger partial charge on any atom is 0.282 e. The normalized spacial score (nSPS) is 9.73. The molecule has 1 amide bonds. The van der Waals surface area contributed by atoms with Gasteiger partial charge in [-0.05, 0) is 12.8 Å². The lowest BCUT2D eigenvalue weighted by Gasteiger charge is -2.12. The molecular weight excluding hydrogens is 257 g/mol. The Bertz CT molecular complexity index is 119. The highest BCUT2D eigenvalue weighted by molar-refractivity contribution is 14.1. The lowest BCUT2D eigenvalue weighted by atomic mass is 10.3. The van der Waals surface area contributed by atoms with Crippen molar-refractivity contribution < 1.29 is 9.53 Å². The van der Waals surface area contributed by atoms with Gasteiger partial charge in [0.25, 0.3) is 3.91 Å². The SMILES string of the molecule is COCCCCN(C)C(=O)I. The minimum Gasteiger partial charge on any atom is -0.385 e. The van der Waals surface area contributed by atoms with E-state index in [9.17, 15) is 4.79 Å². The van der Waals surface area contributed by atoms with Crippen molar-refractivity contribution in [3.63, 3.8) is 0 Å². The molecule has 0 aliphatic heterocycles. The Kier molecular flexibility index (Phi) is 6.94. The van der Waals surface area contributed by atoms with E-state index in [-0.39, 0.29) is 3.91 Å². The summed E-state index contributed by atoms with van der Waals surface area (Å²) in [7, 11) is 3.49. The molecule has 0 aliphatic carbocycles. The van der Waals surface area contributed by atoms with Crippen LogP contribution in [0.3, 0.4) is 0 Å². The van der Waals surface area contributed by atoms with Crippen molar-refractivity contribution in [2.45, 2.75) is 12.8 Å². The van der Waals surface area contributed by atoms with Crippen LogP contribution in [0.1, 0.15) is 12.8 Å². The van der Waals surface area contributed by atoms with Crippen LogP contribution in [0.25, 0.3) is 0 Å². The largest absolute Gasteiger partial charge is 0.385 e. The molecule has 0 spiro atoms. The summed E-state index contributed by atoms with van der Waals surface area (Å²) in [5, 5.41) is 0. The summed E-state index contributed by atoms with van der Waals surface area (Å²) in [6.45, 7) is 1.61. The summed E-state index contributed by atoms with van der Waals surface area (Å²) in [4.78, 5) is 12.4. The summed E-state index contributed by atoms with van der Waals surface area (Å²) in [5.74, 6) is 0. The van der Waals surface area contributed by atoms with E-state index in [1.165, 1.54) is 0 Å². The molecule has 0 N–H and O–H groups in total. The number of amides is 1. The fourth-order valence-electron chi connectivity index (χ4n) is 0.683. The molecule has 11 heavy (non-hydrogen) atoms. The van der Waals surface area contributed by atoms with Gasteiger partial charge in [-0.3, -0.25) is 4.79 Å². The lowest BCUT2D eigenvalue weighted by Crippen LogP contribution is -2.21. The van der Waals surface area contributed by atoms with E-state index < -0.39 is 0 Å². The first-order valence-electron chi connectivity index (χ1n) is 3.58. The number of hydrogen-bond donors (Lipinski definition) is 0. The zero-order valence-corrected chi connectivity index (χ0v) is 9.13. The molecule has 0 rings (SSSR count). The van der Waals surface area contributed by atoms with Crippen LogP contribution < -0.4 is 0 Å². The Labute approximate surface area is 81.2 Å². The van der Waals surface area contributed by atoms with Gasteiger partial charge in [-0.1, -0.05) is 0 Å². The molecule has 4 heteroatoms. The molecular formula is C7H14INO2. The molecule has 0 aromatic rings. The van der Waals surface area contributed by atoms with Gasteiger partial charge in [-0.15, -0.1) is 0 Å². The molecule has 0 atom stereocenters. The number of ether oxygens (including phenoxy) is 1. The molecule has 3 nitrogen and oxygen atoms in total. The van der Waals surface area contributed by atoms with Gasteiger partial charge < -0.3 is 9.64 Å². The minimum absolute atomic E-state index is 0.0972. The fraction of sp³-hybridized carbons (Fsp3) is 0.857. The predicted octanol–water partition coefficient (Wildman–Crippen LogP) is 1.90. The maximum absolute atomic E-state index is 10.7. The average Bonchev–Trinajstić information content (AvgIpc) is 1.97. The van der Waals surface area contributed by atoms with Gasteiger partial charge in [0.05, 0.1) is 0 Å². The maximum atomic E-state index is 10.7. The Morgan fingerprint density at radius 2 is 2.18 bits per heavy atom. The Hall–Kier alpha value is 0.160. The molecule has 0 saturated heterocycles. The van der Waals surface area contributed by atoms with Gasteiger partial charge in [0.15, 0.2) is 0 Å². The summed E-state index contributed by atoms with van der Waals surface area (Å²) >= 11 is 1.79. The van der Waals surface area contributed by atoms with Crippen LogP contribution >= 0.6 is 22.6 Å². The van der Waals surface area contributed by atoms with E-state index in [1.54, 1.807) is 34.6 Å². The molecule has 0 aromatic carbocycles. The number of unbranched alkanes of at least 4 members (excludes halogenated alkanes) is 1. The lowest BCUT2D eigenvalue weighted by molar-refractivity contribution is 0.188. The highest BCUT2D eigenvalue weighted by atomic mass is 127. The first-order valence-corrected chi connectivity index (χ1v) is 4.66. The topological polar surface area (TPSA) is 29.5 Å². The molecule has 0 unspecified atom stereocenters. The van der Waals surface area contributed by atoms with Gasteiger partial charge in [-0.25, -0.2) is 0 Å². The number of carbonyl (C=O) groups is 1. The second-order valence-corrected chi connectivity index (χ2v) is 3.30. The van der Waals surface area contributed by atoms with E-state index in [2.05, 4.69) is 0 Å². The third-order valence-corrected chi connectivity index (χ3v) is 2.22. The van der Waals surface area contributed by atoms with Gasteiger partial charge in [0.1, 0.15) is 0 Å². The molecule has 0 radical (unpaired) electrons. The van der Waals surface area contributed by atoms with E-state index in [1.807, 2.05) is 7.05 Å². The summed E-state index contributed by atoms with van der Waals surface area (Å²) < 4.78 is 4.98. The molecule has 0 saturated carbocycles. The smallest absolute Gasteiger partial charge is 0.282 e. The first kappa shape index (κ1) is 11.2. The van der Waals surface area contributed by atoms with Crippen LogP contribution in [-0.4, -0.2) is 36.1 Å². The number of nitrogens with zero attached hydrogens (tertiary/aromatic N) is 1. The quantitative estimate of drug-likeness (QED) is 0.331. The molecule has 0 aromatic heterocycles. The van der Waals surface area contributed by atoms with E-state index in [0.717, 1.165) is 26.0 Å². The van der Waals surface area contributed by atoms with Crippen LogP contribution in [0.15, 0.2) is 0 Å². The molecule has 0 bridgehead atoms. The standard InChI is InChI=1S/C7H14INO2/c1-9(7(8)10)5-3-4-6-11-2/h3-6H2,1-2H3. The van der Waals surface area contributed by atoms with Crippen molar-refractivity contribution in [1.29, 1.82) is 0 Å². The zero-order valence-electron chi connectivity index (χ0n) is 6.97. The minimum atomic E-state index is 0.0972. The Balaban J connectivity index is 3.17. The van der Waals surface area contributed by atoms with Crippen molar-refractivity contribution in [2.75, 3.05) is 27.3 Å². The van der Waals surface area contributed by atoms with Gasteiger partial charge in [-0.2, -0.15) is 0 Å². The average molecular weight is 271 g/mol. The van der Waals surface area contributed by atoms with Crippen LogP contribution in [0, 0.1) is 0 Å². The monoisotopic (exact) mass is 271 g/mol. The Morgan fingerprint density at radius 1 is 1.55 bits per heavy atom. The number of halogens is 1. The molecule has 0 fully saturated rings. The highest BCUT2D eigenvalue weighted by Gasteiger charge is 2.01. The van der Waals surface area contributed by atoms with Crippen LogP contribution in [0.5, 0.6) is 0 Å². The Morgan fingerprint density at radius 3 is 2.64 bits per heavy atom. The fourth-order valence-corrected chi connectivity index (χ4v) is 0.924. The number of hydrogen-bond acceptors (Lipinski definition) is 2. The van der Waals surface area contributed by atoms with Gasteiger partial charge in [0.2, 0.25) is 0 Å². The van der Waals surface area contributed by atoms with Crippen LogP contribution in [0.4, 0.5) is 4.79 Å². The molecule has 66 valence electrons. The summed E-state index contributed by atoms with van der Waals surface area (Å²) in [5.41, 5.74) is 0. The number of methoxy groups -OCH3 is 1. The molecule has 0 aliphatic rings. The van der Waals surface area contributed by atoms with Crippen molar-refractivity contribution in [3.05, 3.63) is 0 Å². The van der Waals surface area contributed by atoms with Crippen molar-refractivity contribution in [1.82, 2.24) is 4.90 Å². The third-order valence-electron chi connectivity index (χ3n) is 1.39. The van der Waals surface area contributed by atoms with Gasteiger partial charge >= 0.3 is 0 Å². The van der Waals surface area contributed by atoms with Crippen LogP contribution in [-0.2, 0) is 4.74 Å². The third kappa shape index (κ3) is 6.55. The van der Waals surface area contributed by atoms with Crippen molar-refractivity contribution in [3.8, 4) is 0 Å². The van der Waals surface area contributed by atoms with E-state index in [4.69, 9.17) is 4.74 Å². The second-order valence-electron chi connectivity index (χ2n) is 2.37.